The van der Waals surface area contributed by atoms with Crippen LogP contribution in [-0.2, 0) is 9.47 Å². The van der Waals surface area contributed by atoms with Crippen molar-refractivity contribution in [1.82, 2.24) is 9.69 Å². The summed E-state index contributed by atoms with van der Waals surface area (Å²) in [6, 6.07) is 4.06. The second kappa shape index (κ2) is 8.38. The molecule has 130 valence electrons. The third kappa shape index (κ3) is 4.33. The van der Waals surface area contributed by atoms with Crippen LogP contribution in [0.5, 0.6) is 0 Å². The van der Waals surface area contributed by atoms with E-state index in [9.17, 15) is 4.79 Å². The monoisotopic (exact) mass is 412 g/mol. The molecule has 1 aliphatic rings. The van der Waals surface area contributed by atoms with E-state index in [0.29, 0.717) is 18.8 Å². The molecular formula is C17H21BrN2O3S. The van der Waals surface area contributed by atoms with Gasteiger partial charge in [-0.2, -0.15) is 4.37 Å². The van der Waals surface area contributed by atoms with E-state index in [1.54, 1.807) is 13.3 Å². The Morgan fingerprint density at radius 2 is 2.12 bits per heavy atom. The van der Waals surface area contributed by atoms with E-state index in [4.69, 9.17) is 9.47 Å². The fourth-order valence-corrected chi connectivity index (χ4v) is 4.27. The quantitative estimate of drug-likeness (QED) is 0.733. The number of nitrogens with one attached hydrogen (secondary N) is 1. The highest BCUT2D eigenvalue weighted by Crippen LogP contribution is 2.28. The van der Waals surface area contributed by atoms with Crippen molar-refractivity contribution >= 4 is 43.5 Å². The van der Waals surface area contributed by atoms with Gasteiger partial charge < -0.3 is 14.8 Å². The summed E-state index contributed by atoms with van der Waals surface area (Å²) in [5, 5.41) is 4.17. The zero-order valence-corrected chi connectivity index (χ0v) is 16.0. The summed E-state index contributed by atoms with van der Waals surface area (Å²) in [4.78, 5) is 12.7. The second-order valence-electron chi connectivity index (χ2n) is 6.01. The average molecular weight is 413 g/mol. The fraction of sp³-hybridized carbons (Fsp3) is 0.529. The fourth-order valence-electron chi connectivity index (χ4n) is 3.05. The van der Waals surface area contributed by atoms with Crippen LogP contribution in [0.2, 0.25) is 0 Å². The van der Waals surface area contributed by atoms with Gasteiger partial charge in [-0.15, -0.1) is 0 Å². The van der Waals surface area contributed by atoms with Gasteiger partial charge in [-0.25, -0.2) is 0 Å². The first-order chi connectivity index (χ1) is 11.7. The molecule has 0 unspecified atom stereocenters. The van der Waals surface area contributed by atoms with Gasteiger partial charge >= 0.3 is 0 Å². The molecule has 1 aromatic carbocycles. The highest BCUT2D eigenvalue weighted by Gasteiger charge is 2.24. The zero-order chi connectivity index (χ0) is 16.9. The topological polar surface area (TPSA) is 60.5 Å². The van der Waals surface area contributed by atoms with E-state index in [1.807, 2.05) is 12.1 Å². The van der Waals surface area contributed by atoms with Gasteiger partial charge in [-0.3, -0.25) is 4.79 Å². The van der Waals surface area contributed by atoms with Crippen LogP contribution in [0.3, 0.4) is 0 Å². The molecule has 1 aromatic heterocycles. The summed E-state index contributed by atoms with van der Waals surface area (Å²) in [6.07, 6.45) is 5.93. The number of fused-ring (bicyclic) bond motifs is 1. The third-order valence-corrected chi connectivity index (χ3v) is 5.62. The third-order valence-electron chi connectivity index (χ3n) is 4.31. The number of amides is 1. The number of rotatable bonds is 6. The van der Waals surface area contributed by atoms with Crippen LogP contribution in [-0.4, -0.2) is 42.8 Å². The highest BCUT2D eigenvalue weighted by atomic mass is 79.9. The molecule has 0 radical (unpaired) electrons. The van der Waals surface area contributed by atoms with Crippen molar-refractivity contribution in [3.63, 3.8) is 0 Å². The van der Waals surface area contributed by atoms with Crippen LogP contribution in [0, 0.1) is 0 Å². The number of hydrogen-bond donors (Lipinski definition) is 1. The molecule has 0 bridgehead atoms. The Labute approximate surface area is 154 Å². The first-order valence-electron chi connectivity index (χ1n) is 8.12. The van der Waals surface area contributed by atoms with Crippen molar-refractivity contribution in [3.8, 4) is 0 Å². The largest absolute Gasteiger partial charge is 0.382 e. The van der Waals surface area contributed by atoms with E-state index in [0.717, 1.165) is 40.2 Å². The maximum atomic E-state index is 12.7. The molecule has 1 fully saturated rings. The van der Waals surface area contributed by atoms with E-state index in [-0.39, 0.29) is 18.1 Å². The molecule has 3 rings (SSSR count). The van der Waals surface area contributed by atoms with E-state index in [1.165, 1.54) is 11.5 Å². The van der Waals surface area contributed by atoms with Gasteiger partial charge in [-0.05, 0) is 49.3 Å². The molecule has 0 saturated heterocycles. The Morgan fingerprint density at radius 3 is 2.88 bits per heavy atom. The van der Waals surface area contributed by atoms with Crippen LogP contribution < -0.4 is 5.32 Å². The molecule has 5 nitrogen and oxygen atoms in total. The maximum Gasteiger partial charge on any atom is 0.253 e. The van der Waals surface area contributed by atoms with Crippen molar-refractivity contribution in [2.24, 2.45) is 0 Å². The number of methoxy groups -OCH3 is 1. The first-order valence-corrected chi connectivity index (χ1v) is 9.69. The Bertz CT molecular complexity index is 698. The number of aromatic nitrogens is 1. The molecular weight excluding hydrogens is 392 g/mol. The van der Waals surface area contributed by atoms with Gasteiger partial charge in [0.15, 0.2) is 0 Å². The molecule has 24 heavy (non-hydrogen) atoms. The summed E-state index contributed by atoms with van der Waals surface area (Å²) in [7, 11) is 1.68. The van der Waals surface area contributed by atoms with Gasteiger partial charge in [0.05, 0.1) is 29.6 Å². The van der Waals surface area contributed by atoms with Crippen molar-refractivity contribution in [2.45, 2.75) is 37.8 Å². The summed E-state index contributed by atoms with van der Waals surface area (Å²) in [5.41, 5.74) is 0.695. The minimum atomic E-state index is -0.0192. The van der Waals surface area contributed by atoms with Crippen molar-refractivity contribution in [2.75, 3.05) is 20.3 Å². The van der Waals surface area contributed by atoms with E-state index >= 15 is 0 Å². The molecule has 0 spiro atoms. The average Bonchev–Trinajstić information content (AvgIpc) is 3.04. The van der Waals surface area contributed by atoms with Crippen LogP contribution in [0.25, 0.3) is 10.1 Å². The number of nitrogens with zero attached hydrogens (tertiary/aromatic N) is 1. The molecule has 1 saturated carbocycles. The zero-order valence-electron chi connectivity index (χ0n) is 13.6. The number of hydrogen-bond acceptors (Lipinski definition) is 5. The van der Waals surface area contributed by atoms with Gasteiger partial charge in [-0.1, -0.05) is 15.9 Å². The van der Waals surface area contributed by atoms with Crippen LogP contribution in [0.1, 0.15) is 36.0 Å². The van der Waals surface area contributed by atoms with Gasteiger partial charge in [0.25, 0.3) is 5.91 Å². The molecule has 1 N–H and O–H groups in total. The Morgan fingerprint density at radius 1 is 1.33 bits per heavy atom. The molecule has 1 aliphatic carbocycles. The minimum Gasteiger partial charge on any atom is -0.382 e. The minimum absolute atomic E-state index is 0.0192. The SMILES string of the molecule is COCCOC1CCC(NC(=O)c2cc(Br)cc3cnsc23)CC1. The van der Waals surface area contributed by atoms with Crippen LogP contribution >= 0.6 is 27.5 Å². The standard InChI is InChI=1S/C17H21BrN2O3S/c1-22-6-7-23-14-4-2-13(3-5-14)20-17(21)15-9-12(18)8-11-10-19-24-16(11)15/h8-10,13-14H,2-7H2,1H3,(H,20,21). The number of halogens is 1. The molecule has 0 aliphatic heterocycles. The summed E-state index contributed by atoms with van der Waals surface area (Å²) >= 11 is 4.83. The Kier molecular flexibility index (Phi) is 6.21. The molecule has 1 heterocycles. The lowest BCUT2D eigenvalue weighted by Gasteiger charge is -2.29. The van der Waals surface area contributed by atoms with Gasteiger partial charge in [0.2, 0.25) is 0 Å². The first kappa shape index (κ1) is 17.8. The Hall–Kier alpha value is -1.02. The van der Waals surface area contributed by atoms with Crippen LogP contribution in [0.4, 0.5) is 0 Å². The molecule has 0 atom stereocenters. The van der Waals surface area contributed by atoms with Crippen molar-refractivity contribution < 1.29 is 14.3 Å². The van der Waals surface area contributed by atoms with Gasteiger partial charge in [0.1, 0.15) is 0 Å². The molecule has 1 amide bonds. The second-order valence-corrected chi connectivity index (χ2v) is 7.73. The lowest BCUT2D eigenvalue weighted by atomic mass is 9.92. The van der Waals surface area contributed by atoms with Gasteiger partial charge in [0, 0.05) is 29.2 Å². The molecule has 7 heteroatoms. The van der Waals surface area contributed by atoms with Crippen LogP contribution in [0.15, 0.2) is 22.8 Å². The summed E-state index contributed by atoms with van der Waals surface area (Å²) in [6.45, 7) is 1.27. The maximum absolute atomic E-state index is 12.7. The summed E-state index contributed by atoms with van der Waals surface area (Å²) < 4.78 is 16.8. The normalized spacial score (nSPS) is 21.1. The number of benzene rings is 1. The van der Waals surface area contributed by atoms with E-state index in [2.05, 4.69) is 25.6 Å². The Balaban J connectivity index is 1.57. The predicted molar refractivity (Wildman–Crippen MR) is 98.7 cm³/mol. The van der Waals surface area contributed by atoms with Crippen molar-refractivity contribution in [1.29, 1.82) is 0 Å². The predicted octanol–water partition coefficient (Wildman–Crippen LogP) is 3.76. The van der Waals surface area contributed by atoms with E-state index < -0.39 is 0 Å². The number of carbonyl (C=O) groups excluding carboxylic acids is 1. The molecule has 2 aromatic rings. The summed E-state index contributed by atoms with van der Waals surface area (Å²) in [5.74, 6) is -0.0192. The highest BCUT2D eigenvalue weighted by molar-refractivity contribution is 9.10. The lowest BCUT2D eigenvalue weighted by Crippen LogP contribution is -2.39. The van der Waals surface area contributed by atoms with Crippen molar-refractivity contribution in [3.05, 3.63) is 28.4 Å². The number of ether oxygens (including phenoxy) is 2. The lowest BCUT2D eigenvalue weighted by molar-refractivity contribution is -0.00408. The number of carbonyl (C=O) groups is 1. The smallest absolute Gasteiger partial charge is 0.253 e.